The fraction of sp³-hybridized carbons (Fsp3) is 0.0833. The number of rotatable bonds is 9. The fourth-order valence-corrected chi connectivity index (χ4v) is 3.91. The van der Waals surface area contributed by atoms with Crippen LogP contribution in [0.3, 0.4) is 0 Å². The smallest absolute Gasteiger partial charge is 0.387 e. The van der Waals surface area contributed by atoms with E-state index in [1.165, 1.54) is 61.7 Å². The van der Waals surface area contributed by atoms with E-state index in [1.54, 1.807) is 30.3 Å². The van der Waals surface area contributed by atoms with Gasteiger partial charge in [-0.2, -0.15) is 14.0 Å². The van der Waals surface area contributed by atoms with Crippen LogP contribution in [0.2, 0.25) is 0 Å². The van der Waals surface area contributed by atoms with Gasteiger partial charge in [0.1, 0.15) is 23.1 Å². The Morgan fingerprint density at radius 3 is 2.06 bits per heavy atom. The zero-order chi connectivity index (χ0) is 25.4. The third-order valence-electron chi connectivity index (χ3n) is 4.55. The quantitative estimate of drug-likeness (QED) is 0.327. The van der Waals surface area contributed by atoms with Crippen LogP contribution in [0.1, 0.15) is 5.56 Å². The number of carbonyl (C=O) groups excluding carboxylic acids is 1. The summed E-state index contributed by atoms with van der Waals surface area (Å²) in [5.74, 6) is -0.208. The molecule has 0 aliphatic carbocycles. The highest BCUT2D eigenvalue weighted by molar-refractivity contribution is 7.92. The lowest BCUT2D eigenvalue weighted by atomic mass is 10.1. The van der Waals surface area contributed by atoms with Gasteiger partial charge in [0.2, 0.25) is 0 Å². The molecule has 0 aliphatic heterocycles. The van der Waals surface area contributed by atoms with Crippen molar-refractivity contribution in [2.45, 2.75) is 11.5 Å². The minimum absolute atomic E-state index is 0.0338. The Morgan fingerprint density at radius 1 is 0.943 bits per heavy atom. The SMILES string of the molecule is COc1ccc(NS(=O)(=O)c2ccc(NC(=O)/C(C#N)=C/c3ccc(OC(F)F)cc3)cc2)cc1. The Bertz CT molecular complexity index is 1350. The average Bonchev–Trinajstić information content (AvgIpc) is 2.83. The first-order valence-corrected chi connectivity index (χ1v) is 11.4. The second-order valence-corrected chi connectivity index (χ2v) is 8.61. The van der Waals surface area contributed by atoms with Crippen LogP contribution in [0.5, 0.6) is 11.5 Å². The molecular formula is C24H19F2N3O5S. The molecule has 0 aromatic heterocycles. The maximum Gasteiger partial charge on any atom is 0.387 e. The maximum absolute atomic E-state index is 12.6. The molecule has 35 heavy (non-hydrogen) atoms. The molecule has 0 atom stereocenters. The summed E-state index contributed by atoms with van der Waals surface area (Å²) in [6.07, 6.45) is 1.28. The topological polar surface area (TPSA) is 118 Å². The van der Waals surface area contributed by atoms with Crippen molar-refractivity contribution in [3.63, 3.8) is 0 Å². The van der Waals surface area contributed by atoms with Crippen molar-refractivity contribution in [1.29, 1.82) is 5.26 Å². The molecule has 11 heteroatoms. The van der Waals surface area contributed by atoms with E-state index < -0.39 is 22.5 Å². The normalized spacial score (nSPS) is 11.5. The van der Waals surface area contributed by atoms with Gasteiger partial charge in [0.15, 0.2) is 0 Å². The van der Waals surface area contributed by atoms with Gasteiger partial charge in [-0.05, 0) is 72.3 Å². The van der Waals surface area contributed by atoms with E-state index >= 15 is 0 Å². The van der Waals surface area contributed by atoms with Gasteiger partial charge in [-0.1, -0.05) is 12.1 Å². The molecule has 3 aromatic carbocycles. The third-order valence-corrected chi connectivity index (χ3v) is 5.94. The fourth-order valence-electron chi connectivity index (χ4n) is 2.85. The van der Waals surface area contributed by atoms with Crippen molar-refractivity contribution < 1.29 is 31.5 Å². The highest BCUT2D eigenvalue weighted by Gasteiger charge is 2.15. The van der Waals surface area contributed by atoms with Gasteiger partial charge in [0.25, 0.3) is 15.9 Å². The van der Waals surface area contributed by atoms with Gasteiger partial charge in [-0.15, -0.1) is 0 Å². The summed E-state index contributed by atoms with van der Waals surface area (Å²) >= 11 is 0. The van der Waals surface area contributed by atoms with E-state index in [4.69, 9.17) is 4.74 Å². The first-order chi connectivity index (χ1) is 16.7. The predicted octanol–water partition coefficient (Wildman–Crippen LogP) is 4.64. The number of nitrogens with zero attached hydrogens (tertiary/aromatic N) is 1. The van der Waals surface area contributed by atoms with Crippen LogP contribution in [0.25, 0.3) is 6.08 Å². The van der Waals surface area contributed by atoms with Gasteiger partial charge in [-0.3, -0.25) is 9.52 Å². The molecule has 0 spiro atoms. The van der Waals surface area contributed by atoms with E-state index in [2.05, 4.69) is 14.8 Å². The Hall–Kier alpha value is -4.43. The number of anilines is 2. The van der Waals surface area contributed by atoms with Gasteiger partial charge in [-0.25, -0.2) is 8.42 Å². The Balaban J connectivity index is 1.67. The number of ether oxygens (including phenoxy) is 2. The zero-order valence-electron chi connectivity index (χ0n) is 18.2. The predicted molar refractivity (Wildman–Crippen MR) is 126 cm³/mol. The molecule has 0 aliphatic rings. The van der Waals surface area contributed by atoms with Crippen LogP contribution in [0.15, 0.2) is 83.3 Å². The van der Waals surface area contributed by atoms with Gasteiger partial charge in [0, 0.05) is 11.4 Å². The summed E-state index contributed by atoms with van der Waals surface area (Å²) < 4.78 is 61.4. The molecule has 180 valence electrons. The highest BCUT2D eigenvalue weighted by atomic mass is 32.2. The average molecular weight is 499 g/mol. The van der Waals surface area contributed by atoms with Crippen LogP contribution in [-0.4, -0.2) is 28.0 Å². The van der Waals surface area contributed by atoms with Gasteiger partial charge >= 0.3 is 6.61 Å². The van der Waals surface area contributed by atoms with Crippen molar-refractivity contribution in [2.24, 2.45) is 0 Å². The highest BCUT2D eigenvalue weighted by Crippen LogP contribution is 2.21. The molecule has 0 bridgehead atoms. The maximum atomic E-state index is 12.6. The lowest BCUT2D eigenvalue weighted by Gasteiger charge is -2.10. The number of hydrogen-bond donors (Lipinski definition) is 2. The number of nitriles is 1. The number of alkyl halides is 2. The largest absolute Gasteiger partial charge is 0.497 e. The number of methoxy groups -OCH3 is 1. The second kappa shape index (κ2) is 11.1. The molecule has 3 rings (SSSR count). The Kier molecular flexibility index (Phi) is 8.01. The lowest BCUT2D eigenvalue weighted by Crippen LogP contribution is -2.15. The molecule has 3 aromatic rings. The summed E-state index contributed by atoms with van der Waals surface area (Å²) in [6, 6.07) is 18.9. The van der Waals surface area contributed by atoms with Crippen LogP contribution in [0.4, 0.5) is 20.2 Å². The molecule has 0 saturated heterocycles. The number of halogens is 2. The molecule has 0 radical (unpaired) electrons. The third kappa shape index (κ3) is 7.02. The molecule has 0 saturated carbocycles. The second-order valence-electron chi connectivity index (χ2n) is 6.93. The summed E-state index contributed by atoms with van der Waals surface area (Å²) in [5, 5.41) is 11.8. The number of carbonyl (C=O) groups is 1. The van der Waals surface area contributed by atoms with E-state index in [0.717, 1.165) is 0 Å². The van der Waals surface area contributed by atoms with Crippen molar-refractivity contribution in [1.82, 2.24) is 0 Å². The first-order valence-electron chi connectivity index (χ1n) is 9.95. The van der Waals surface area contributed by atoms with E-state index in [-0.39, 0.29) is 21.9 Å². The summed E-state index contributed by atoms with van der Waals surface area (Å²) in [6.45, 7) is -2.96. The van der Waals surface area contributed by atoms with Crippen molar-refractivity contribution in [2.75, 3.05) is 17.1 Å². The molecule has 2 N–H and O–H groups in total. The van der Waals surface area contributed by atoms with Crippen LogP contribution in [0, 0.1) is 11.3 Å². The summed E-state index contributed by atoms with van der Waals surface area (Å²) in [7, 11) is -2.37. The van der Waals surface area contributed by atoms with Crippen LogP contribution < -0.4 is 19.5 Å². The van der Waals surface area contributed by atoms with E-state index in [0.29, 0.717) is 17.0 Å². The van der Waals surface area contributed by atoms with Crippen molar-refractivity contribution in [3.8, 4) is 17.6 Å². The van der Waals surface area contributed by atoms with Gasteiger partial charge in [0.05, 0.1) is 12.0 Å². The summed E-state index contributed by atoms with van der Waals surface area (Å²) in [4.78, 5) is 12.4. The standard InChI is InChI=1S/C24H19F2N3O5S/c1-33-20-10-4-19(5-11-20)29-35(31,32)22-12-6-18(7-13-22)28-23(30)17(15-27)14-16-2-8-21(9-3-16)34-24(25)26/h2-14,24,29H,1H3,(H,28,30)/b17-14+. The number of nitrogens with one attached hydrogen (secondary N) is 2. The Morgan fingerprint density at radius 2 is 1.51 bits per heavy atom. The molecule has 0 heterocycles. The Labute approximate surface area is 200 Å². The van der Waals surface area contributed by atoms with Crippen LogP contribution >= 0.6 is 0 Å². The number of hydrogen-bond acceptors (Lipinski definition) is 6. The molecule has 0 fully saturated rings. The zero-order valence-corrected chi connectivity index (χ0v) is 19.1. The van der Waals surface area contributed by atoms with E-state index in [1.807, 2.05) is 0 Å². The lowest BCUT2D eigenvalue weighted by molar-refractivity contribution is -0.112. The monoisotopic (exact) mass is 499 g/mol. The first kappa shape index (κ1) is 25.2. The minimum Gasteiger partial charge on any atom is -0.497 e. The minimum atomic E-state index is -3.88. The number of amides is 1. The number of benzene rings is 3. The van der Waals surface area contributed by atoms with E-state index in [9.17, 15) is 27.3 Å². The molecular weight excluding hydrogens is 480 g/mol. The molecule has 0 unspecified atom stereocenters. The van der Waals surface area contributed by atoms with Crippen molar-refractivity contribution in [3.05, 3.63) is 83.9 Å². The molecule has 8 nitrogen and oxygen atoms in total. The molecule has 1 amide bonds. The van der Waals surface area contributed by atoms with Gasteiger partial charge < -0.3 is 14.8 Å². The van der Waals surface area contributed by atoms with Crippen LogP contribution in [-0.2, 0) is 14.8 Å². The number of sulfonamides is 1. The van der Waals surface area contributed by atoms with Crippen molar-refractivity contribution >= 4 is 33.4 Å². The summed E-state index contributed by atoms with van der Waals surface area (Å²) in [5.41, 5.74) is 0.788.